The van der Waals surface area contributed by atoms with E-state index in [2.05, 4.69) is 25.8 Å². The molecule has 0 spiro atoms. The van der Waals surface area contributed by atoms with E-state index < -0.39 is 29.2 Å². The number of carbonyl (C=O) groups excluding carboxylic acids is 3. The van der Waals surface area contributed by atoms with Crippen molar-refractivity contribution >= 4 is 64.2 Å². The van der Waals surface area contributed by atoms with Gasteiger partial charge < -0.3 is 20.6 Å². The third kappa shape index (κ3) is 4.93. The minimum atomic E-state index is -1.24. The Morgan fingerprint density at radius 1 is 1.37 bits per heavy atom. The average Bonchev–Trinajstić information content (AvgIpc) is 3.32. The molecule has 2 atom stereocenters. The quantitative estimate of drug-likeness (QED) is 0.191. The third-order valence-corrected chi connectivity index (χ3v) is 7.05. The first kappa shape index (κ1) is 24.1. The van der Waals surface area contributed by atoms with E-state index in [0.29, 0.717) is 17.7 Å². The Bertz CT molecular complexity index is 1260. The number of rotatable bonds is 9. The standard InChI is InChI=1S/C21H18N6O6S2/c1-33-26-14(13-9-35-21(24-13)23-10-28)17(29)25-15-18(30)27-16(20(31)32)12(8-34-19(15)27)5-4-11-3-2-6-22-7-11/h2-7,9-10,15,19H,8H2,1H3,(H,25,29)(H,31,32)(H,23,24,28)/t15?,19-/m1/s1. The molecule has 2 aromatic rings. The van der Waals surface area contributed by atoms with Crippen LogP contribution in [0.5, 0.6) is 0 Å². The van der Waals surface area contributed by atoms with Crippen LogP contribution in [0.1, 0.15) is 11.3 Å². The molecule has 12 nitrogen and oxygen atoms in total. The molecule has 14 heteroatoms. The fourth-order valence-corrected chi connectivity index (χ4v) is 5.42. The SMILES string of the molecule is CON=C(C(=O)NC1C(=O)N2C(C(=O)O)=C(C=Cc3cccnc3)CS[C@H]12)c1csc(NC=O)n1. The third-order valence-electron chi connectivity index (χ3n) is 4.98. The van der Waals surface area contributed by atoms with Gasteiger partial charge in [-0.05, 0) is 17.2 Å². The van der Waals surface area contributed by atoms with Crippen LogP contribution < -0.4 is 10.6 Å². The zero-order chi connectivity index (χ0) is 24.9. The molecule has 180 valence electrons. The molecule has 2 aliphatic rings. The number of aromatic nitrogens is 2. The zero-order valence-corrected chi connectivity index (χ0v) is 19.7. The molecule has 2 aliphatic heterocycles. The normalized spacial score (nSPS) is 19.7. The summed E-state index contributed by atoms with van der Waals surface area (Å²) in [4.78, 5) is 62.4. The summed E-state index contributed by atoms with van der Waals surface area (Å²) < 4.78 is 0. The van der Waals surface area contributed by atoms with Gasteiger partial charge in [-0.2, -0.15) is 0 Å². The minimum absolute atomic E-state index is 0.126. The number of aliphatic carboxylic acids is 1. The van der Waals surface area contributed by atoms with Gasteiger partial charge in [-0.3, -0.25) is 24.3 Å². The lowest BCUT2D eigenvalue weighted by Gasteiger charge is -2.49. The van der Waals surface area contributed by atoms with Gasteiger partial charge >= 0.3 is 5.97 Å². The molecule has 2 aromatic heterocycles. The molecule has 35 heavy (non-hydrogen) atoms. The van der Waals surface area contributed by atoms with Crippen LogP contribution in [0.3, 0.4) is 0 Å². The molecular weight excluding hydrogens is 496 g/mol. The maximum atomic E-state index is 12.9. The van der Waals surface area contributed by atoms with Crippen LogP contribution in [-0.4, -0.2) is 74.2 Å². The Morgan fingerprint density at radius 2 is 2.20 bits per heavy atom. The number of nitrogens with zero attached hydrogens (tertiary/aromatic N) is 4. The van der Waals surface area contributed by atoms with Crippen molar-refractivity contribution in [2.45, 2.75) is 11.4 Å². The number of hydrogen-bond donors (Lipinski definition) is 3. The fraction of sp³-hybridized carbons (Fsp3) is 0.190. The first-order chi connectivity index (χ1) is 16.9. The van der Waals surface area contributed by atoms with E-state index in [1.807, 2.05) is 6.07 Å². The molecule has 0 saturated carbocycles. The summed E-state index contributed by atoms with van der Waals surface area (Å²) in [6.07, 6.45) is 7.09. The number of thiazole rings is 1. The van der Waals surface area contributed by atoms with Crippen LogP contribution in [0.15, 0.2) is 52.4 Å². The molecule has 1 fully saturated rings. The minimum Gasteiger partial charge on any atom is -0.477 e. The first-order valence-electron chi connectivity index (χ1n) is 10.0. The lowest BCUT2D eigenvalue weighted by Crippen LogP contribution is -2.71. The van der Waals surface area contributed by atoms with E-state index in [9.17, 15) is 24.3 Å². The van der Waals surface area contributed by atoms with E-state index in [4.69, 9.17) is 4.84 Å². The van der Waals surface area contributed by atoms with Crippen molar-refractivity contribution in [3.63, 3.8) is 0 Å². The molecule has 1 unspecified atom stereocenters. The summed E-state index contributed by atoms with van der Waals surface area (Å²) in [5, 5.41) is 19.6. The predicted molar refractivity (Wildman–Crippen MR) is 128 cm³/mol. The summed E-state index contributed by atoms with van der Waals surface area (Å²) >= 11 is 2.41. The number of anilines is 1. The number of hydrogen-bond acceptors (Lipinski definition) is 10. The number of amides is 3. The molecule has 0 bridgehead atoms. The number of carbonyl (C=O) groups is 4. The van der Waals surface area contributed by atoms with Gasteiger partial charge in [0.15, 0.2) is 10.8 Å². The number of β-lactam (4-membered cyclic amide) rings is 1. The maximum Gasteiger partial charge on any atom is 0.352 e. The molecule has 1 saturated heterocycles. The summed E-state index contributed by atoms with van der Waals surface area (Å²) in [7, 11) is 1.25. The summed E-state index contributed by atoms with van der Waals surface area (Å²) in [5.74, 6) is -2.20. The number of nitrogens with one attached hydrogen (secondary N) is 2. The maximum absolute atomic E-state index is 12.9. The van der Waals surface area contributed by atoms with Crippen molar-refractivity contribution in [2.75, 3.05) is 18.2 Å². The van der Waals surface area contributed by atoms with Gasteiger partial charge in [-0.1, -0.05) is 23.4 Å². The van der Waals surface area contributed by atoms with Crippen LogP contribution in [0, 0.1) is 0 Å². The van der Waals surface area contributed by atoms with E-state index in [1.54, 1.807) is 30.6 Å². The number of oxime groups is 1. The van der Waals surface area contributed by atoms with Crippen LogP contribution in [-0.2, 0) is 24.0 Å². The first-order valence-corrected chi connectivity index (χ1v) is 11.9. The number of fused-ring (bicyclic) bond motifs is 1. The Balaban J connectivity index is 1.52. The topological polar surface area (TPSA) is 163 Å². The van der Waals surface area contributed by atoms with Gasteiger partial charge in [0, 0.05) is 23.5 Å². The second kappa shape index (κ2) is 10.5. The summed E-state index contributed by atoms with van der Waals surface area (Å²) in [5.41, 5.74) is 1.09. The van der Waals surface area contributed by atoms with Crippen molar-refractivity contribution in [1.29, 1.82) is 0 Å². The lowest BCUT2D eigenvalue weighted by molar-refractivity contribution is -0.150. The van der Waals surface area contributed by atoms with Gasteiger partial charge in [0.2, 0.25) is 6.41 Å². The van der Waals surface area contributed by atoms with Crippen LogP contribution in [0.25, 0.3) is 6.08 Å². The molecule has 3 N–H and O–H groups in total. The van der Waals surface area contributed by atoms with Crippen molar-refractivity contribution in [2.24, 2.45) is 5.16 Å². The molecule has 0 radical (unpaired) electrons. The molecule has 0 aromatic carbocycles. The second-order valence-electron chi connectivity index (χ2n) is 7.08. The fourth-order valence-electron chi connectivity index (χ4n) is 3.45. The highest BCUT2D eigenvalue weighted by molar-refractivity contribution is 8.00. The molecule has 0 aliphatic carbocycles. The van der Waals surface area contributed by atoms with E-state index >= 15 is 0 Å². The van der Waals surface area contributed by atoms with E-state index in [0.717, 1.165) is 16.9 Å². The van der Waals surface area contributed by atoms with Crippen molar-refractivity contribution in [1.82, 2.24) is 20.2 Å². The van der Waals surface area contributed by atoms with E-state index in [-0.39, 0.29) is 22.2 Å². The average molecular weight is 515 g/mol. The number of pyridine rings is 1. The van der Waals surface area contributed by atoms with Crippen molar-refractivity contribution in [3.05, 3.63) is 58.5 Å². The largest absolute Gasteiger partial charge is 0.477 e. The van der Waals surface area contributed by atoms with Crippen LogP contribution in [0.2, 0.25) is 0 Å². The van der Waals surface area contributed by atoms with Gasteiger partial charge in [0.25, 0.3) is 11.8 Å². The van der Waals surface area contributed by atoms with E-state index in [1.165, 1.54) is 29.2 Å². The van der Waals surface area contributed by atoms with Crippen LogP contribution >= 0.6 is 23.1 Å². The molecule has 4 heterocycles. The number of allylic oxidation sites excluding steroid dienone is 1. The van der Waals surface area contributed by atoms with Crippen molar-refractivity contribution in [3.8, 4) is 0 Å². The number of thioether (sulfide) groups is 1. The van der Waals surface area contributed by atoms with Gasteiger partial charge in [0.05, 0.1) is 0 Å². The van der Waals surface area contributed by atoms with Crippen molar-refractivity contribution < 1.29 is 29.1 Å². The Kier molecular flexibility index (Phi) is 7.22. The van der Waals surface area contributed by atoms with Gasteiger partial charge in [0.1, 0.15) is 29.9 Å². The number of carboxylic acid groups (broad SMARTS) is 1. The predicted octanol–water partition coefficient (Wildman–Crippen LogP) is 0.909. The number of carboxylic acids is 1. The highest BCUT2D eigenvalue weighted by Crippen LogP contribution is 2.40. The lowest BCUT2D eigenvalue weighted by atomic mass is 10.0. The highest BCUT2D eigenvalue weighted by Gasteiger charge is 2.54. The second-order valence-corrected chi connectivity index (χ2v) is 9.05. The molecule has 3 amide bonds. The Hall–Kier alpha value is -4.04. The monoisotopic (exact) mass is 514 g/mol. The zero-order valence-electron chi connectivity index (χ0n) is 18.1. The Morgan fingerprint density at radius 3 is 2.89 bits per heavy atom. The van der Waals surface area contributed by atoms with Gasteiger partial charge in [-0.15, -0.1) is 23.1 Å². The smallest absolute Gasteiger partial charge is 0.352 e. The van der Waals surface area contributed by atoms with Gasteiger partial charge in [-0.25, -0.2) is 9.78 Å². The summed E-state index contributed by atoms with van der Waals surface area (Å²) in [6.45, 7) is 0. The molecule has 4 rings (SSSR count). The van der Waals surface area contributed by atoms with Crippen LogP contribution in [0.4, 0.5) is 5.13 Å². The Labute approximate surface area is 206 Å². The molecular formula is C21H18N6O6S2. The highest BCUT2D eigenvalue weighted by atomic mass is 32.2. The summed E-state index contributed by atoms with van der Waals surface area (Å²) in [6, 6.07) is 2.62.